The number of para-hydroxylation sites is 1. The average Bonchev–Trinajstić information content (AvgIpc) is 2.94. The highest BCUT2D eigenvalue weighted by molar-refractivity contribution is 5.98. The van der Waals surface area contributed by atoms with E-state index in [0.29, 0.717) is 35.2 Å². The van der Waals surface area contributed by atoms with Crippen molar-refractivity contribution in [3.8, 4) is 11.5 Å². The number of piperidine rings is 1. The van der Waals surface area contributed by atoms with Crippen molar-refractivity contribution in [1.82, 2.24) is 15.2 Å². The first-order valence-corrected chi connectivity index (χ1v) is 14.7. The molecule has 0 spiro atoms. The van der Waals surface area contributed by atoms with Crippen LogP contribution in [-0.4, -0.2) is 66.8 Å². The van der Waals surface area contributed by atoms with Crippen molar-refractivity contribution in [1.29, 1.82) is 0 Å². The Morgan fingerprint density at radius 1 is 1.00 bits per heavy atom. The normalized spacial score (nSPS) is 18.4. The molecular weight excluding hydrogens is 494 g/mol. The van der Waals surface area contributed by atoms with Gasteiger partial charge in [0.2, 0.25) is 0 Å². The van der Waals surface area contributed by atoms with Crippen LogP contribution in [0, 0.1) is 11.8 Å². The van der Waals surface area contributed by atoms with Gasteiger partial charge < -0.3 is 24.4 Å². The van der Waals surface area contributed by atoms with E-state index in [-0.39, 0.29) is 43.1 Å². The van der Waals surface area contributed by atoms with Gasteiger partial charge in [-0.25, -0.2) is 4.98 Å². The van der Waals surface area contributed by atoms with Gasteiger partial charge in [0.05, 0.1) is 12.5 Å². The summed E-state index contributed by atoms with van der Waals surface area (Å²) in [4.78, 5) is 32.7. The summed E-state index contributed by atoms with van der Waals surface area (Å²) in [6.07, 6.45) is 8.17. The zero-order chi connectivity index (χ0) is 27.8. The summed E-state index contributed by atoms with van der Waals surface area (Å²) >= 11 is 0. The average molecular weight is 540 g/mol. The molecule has 2 aromatic rings. The van der Waals surface area contributed by atoms with Crippen LogP contribution >= 0.6 is 0 Å². The summed E-state index contributed by atoms with van der Waals surface area (Å²) in [6, 6.07) is 7.66. The van der Waals surface area contributed by atoms with Gasteiger partial charge >= 0.3 is 5.97 Å². The molecule has 39 heavy (non-hydrogen) atoms. The van der Waals surface area contributed by atoms with Crippen LogP contribution in [0.5, 0.6) is 11.5 Å². The smallest absolute Gasteiger partial charge is 0.308 e. The standard InChI is InChI=1S/C31H45N3O5/c1-21(2)31(36)38-17-16-37-28-18-26(30(35)34(22(3)4)24-12-9-15-32-19-24)33-29-25(28)13-8-14-27(29)39-20-23-10-6-5-7-11-23/h8,13-14,18,21-24,32H,5-7,9-12,15-17,19-20H2,1-4H3/t24-/m1/s1. The Balaban J connectivity index is 1.63. The Morgan fingerprint density at radius 3 is 2.49 bits per heavy atom. The second-order valence-electron chi connectivity index (χ2n) is 11.4. The van der Waals surface area contributed by atoms with Crippen LogP contribution in [0.15, 0.2) is 24.3 Å². The first-order chi connectivity index (χ1) is 18.8. The molecule has 0 radical (unpaired) electrons. The molecule has 1 aromatic carbocycles. The van der Waals surface area contributed by atoms with Crippen LogP contribution in [-0.2, 0) is 9.53 Å². The molecule has 1 saturated carbocycles. The predicted octanol–water partition coefficient (Wildman–Crippen LogP) is 5.37. The van der Waals surface area contributed by atoms with E-state index in [1.54, 1.807) is 19.9 Å². The lowest BCUT2D eigenvalue weighted by Crippen LogP contribution is -2.51. The van der Waals surface area contributed by atoms with E-state index in [0.717, 1.165) is 31.3 Å². The van der Waals surface area contributed by atoms with E-state index in [2.05, 4.69) is 5.32 Å². The summed E-state index contributed by atoms with van der Waals surface area (Å²) in [5, 5.41) is 4.20. The topological polar surface area (TPSA) is 90.0 Å². The molecule has 2 aliphatic rings. The van der Waals surface area contributed by atoms with E-state index < -0.39 is 0 Å². The number of carbonyl (C=O) groups excluding carboxylic acids is 2. The zero-order valence-corrected chi connectivity index (χ0v) is 24.0. The first-order valence-electron chi connectivity index (χ1n) is 14.7. The maximum Gasteiger partial charge on any atom is 0.308 e. The quantitative estimate of drug-likeness (QED) is 0.303. The molecular formula is C31H45N3O5. The monoisotopic (exact) mass is 539 g/mol. The van der Waals surface area contributed by atoms with Gasteiger partial charge in [0.15, 0.2) is 0 Å². The molecule has 1 aromatic heterocycles. The molecule has 1 aliphatic carbocycles. The number of esters is 1. The van der Waals surface area contributed by atoms with Gasteiger partial charge in [-0.3, -0.25) is 9.59 Å². The Bertz CT molecular complexity index is 1110. The number of aromatic nitrogens is 1. The number of nitrogens with one attached hydrogen (secondary N) is 1. The zero-order valence-electron chi connectivity index (χ0n) is 24.0. The van der Waals surface area contributed by atoms with Crippen LogP contribution in [0.2, 0.25) is 0 Å². The van der Waals surface area contributed by atoms with Crippen molar-refractivity contribution in [3.63, 3.8) is 0 Å². The highest BCUT2D eigenvalue weighted by Gasteiger charge is 2.30. The molecule has 8 nitrogen and oxygen atoms in total. The SMILES string of the molecule is CC(C)C(=O)OCCOc1cc(C(=O)N(C(C)C)[C@@H]2CCCNC2)nc2c(OCC3CCCCC3)cccc12. The third-order valence-electron chi connectivity index (χ3n) is 7.69. The van der Waals surface area contributed by atoms with Gasteiger partial charge in [0, 0.05) is 30.1 Å². The summed E-state index contributed by atoms with van der Waals surface area (Å²) in [5.74, 6) is 1.17. The van der Waals surface area contributed by atoms with Gasteiger partial charge in [0.25, 0.3) is 5.91 Å². The molecule has 1 atom stereocenters. The van der Waals surface area contributed by atoms with Crippen molar-refractivity contribution in [2.75, 3.05) is 32.9 Å². The van der Waals surface area contributed by atoms with E-state index in [4.69, 9.17) is 19.2 Å². The van der Waals surface area contributed by atoms with Crippen LogP contribution in [0.1, 0.15) is 83.1 Å². The van der Waals surface area contributed by atoms with E-state index >= 15 is 0 Å². The van der Waals surface area contributed by atoms with Gasteiger partial charge in [-0.2, -0.15) is 0 Å². The summed E-state index contributed by atoms with van der Waals surface area (Å²) in [7, 11) is 0. The maximum absolute atomic E-state index is 14.0. The number of benzene rings is 1. The van der Waals surface area contributed by atoms with Crippen LogP contribution in [0.3, 0.4) is 0 Å². The van der Waals surface area contributed by atoms with Gasteiger partial charge in [-0.1, -0.05) is 39.2 Å². The molecule has 0 bridgehead atoms. The Kier molecular flexibility index (Phi) is 10.4. The number of hydrogen-bond donors (Lipinski definition) is 1. The van der Waals surface area contributed by atoms with Crippen molar-refractivity contribution in [2.45, 2.75) is 84.7 Å². The largest absolute Gasteiger partial charge is 0.491 e. The molecule has 1 saturated heterocycles. The van der Waals surface area contributed by atoms with Crippen molar-refractivity contribution < 1.29 is 23.8 Å². The third-order valence-corrected chi connectivity index (χ3v) is 7.69. The number of rotatable bonds is 11. The van der Waals surface area contributed by atoms with E-state index in [9.17, 15) is 9.59 Å². The molecule has 8 heteroatoms. The van der Waals surface area contributed by atoms with Crippen LogP contribution < -0.4 is 14.8 Å². The highest BCUT2D eigenvalue weighted by atomic mass is 16.6. The molecule has 1 amide bonds. The Morgan fingerprint density at radius 2 is 1.79 bits per heavy atom. The molecule has 214 valence electrons. The molecule has 0 unspecified atom stereocenters. The highest BCUT2D eigenvalue weighted by Crippen LogP contribution is 2.34. The Labute approximate surface area is 232 Å². The molecule has 1 N–H and O–H groups in total. The minimum absolute atomic E-state index is 0.0255. The number of ether oxygens (including phenoxy) is 3. The number of fused-ring (bicyclic) bond motifs is 1. The van der Waals surface area contributed by atoms with Gasteiger partial charge in [0.1, 0.15) is 35.9 Å². The minimum Gasteiger partial charge on any atom is -0.491 e. The lowest BCUT2D eigenvalue weighted by molar-refractivity contribution is -0.148. The van der Waals surface area contributed by atoms with Crippen molar-refractivity contribution in [3.05, 3.63) is 30.0 Å². The lowest BCUT2D eigenvalue weighted by atomic mass is 9.90. The molecule has 2 heterocycles. The van der Waals surface area contributed by atoms with Gasteiger partial charge in [-0.05, 0) is 64.1 Å². The van der Waals surface area contributed by atoms with Crippen LogP contribution in [0.4, 0.5) is 0 Å². The van der Waals surface area contributed by atoms with Crippen molar-refractivity contribution >= 4 is 22.8 Å². The Hall–Kier alpha value is -2.87. The number of carbonyl (C=O) groups is 2. The molecule has 1 aliphatic heterocycles. The number of nitrogens with zero attached hydrogens (tertiary/aromatic N) is 2. The lowest BCUT2D eigenvalue weighted by Gasteiger charge is -2.37. The van der Waals surface area contributed by atoms with E-state index in [1.165, 1.54) is 32.1 Å². The fourth-order valence-corrected chi connectivity index (χ4v) is 5.58. The van der Waals surface area contributed by atoms with Crippen LogP contribution in [0.25, 0.3) is 10.9 Å². The fourth-order valence-electron chi connectivity index (χ4n) is 5.58. The second kappa shape index (κ2) is 14.0. The molecule has 4 rings (SSSR count). The first kappa shape index (κ1) is 29.1. The maximum atomic E-state index is 14.0. The second-order valence-corrected chi connectivity index (χ2v) is 11.4. The van der Waals surface area contributed by atoms with Crippen molar-refractivity contribution in [2.24, 2.45) is 11.8 Å². The summed E-state index contributed by atoms with van der Waals surface area (Å²) in [6.45, 7) is 10.4. The fraction of sp³-hybridized carbons (Fsp3) is 0.645. The number of amides is 1. The predicted molar refractivity (Wildman–Crippen MR) is 152 cm³/mol. The summed E-state index contributed by atoms with van der Waals surface area (Å²) < 4.78 is 17.8. The minimum atomic E-state index is -0.263. The summed E-state index contributed by atoms with van der Waals surface area (Å²) in [5.41, 5.74) is 0.962. The molecule has 2 fully saturated rings. The number of hydrogen-bond acceptors (Lipinski definition) is 7. The third kappa shape index (κ3) is 7.62. The van der Waals surface area contributed by atoms with E-state index in [1.807, 2.05) is 36.9 Å². The number of pyridine rings is 1. The van der Waals surface area contributed by atoms with Gasteiger partial charge in [-0.15, -0.1) is 0 Å².